The molecule has 0 aliphatic rings. The third-order valence-corrected chi connectivity index (χ3v) is 12.1. The molecule has 10 aromatic rings. The van der Waals surface area contributed by atoms with E-state index in [0.29, 0.717) is 38.4 Å². The van der Waals surface area contributed by atoms with Crippen molar-refractivity contribution in [3.05, 3.63) is 217 Å². The molecule has 0 spiro atoms. The van der Waals surface area contributed by atoms with Crippen LogP contribution < -0.4 is 5.32 Å². The lowest BCUT2D eigenvalue weighted by Gasteiger charge is -2.20. The Morgan fingerprint density at radius 2 is 0.884 bits per heavy atom. The number of hydrogen-bond acceptors (Lipinski definition) is 17. The smallest absolute Gasteiger partial charge is 0.168 e. The van der Waals surface area contributed by atoms with Crippen molar-refractivity contribution in [3.63, 3.8) is 0 Å². The predicted molar refractivity (Wildman–Crippen MR) is 268 cm³/mol. The zero-order chi connectivity index (χ0) is 47.5. The minimum atomic E-state index is 0.426. The van der Waals surface area contributed by atoms with E-state index >= 15 is 0 Å². The highest BCUT2D eigenvalue weighted by Gasteiger charge is 2.15. The molecule has 8 aromatic heterocycles. The van der Waals surface area contributed by atoms with E-state index in [2.05, 4.69) is 127 Å². The van der Waals surface area contributed by atoms with E-state index in [1.54, 1.807) is 90.4 Å². The molecule has 1 N–H and O–H groups in total. The lowest BCUT2D eigenvalue weighted by Crippen LogP contribution is -2.25. The summed E-state index contributed by atoms with van der Waals surface area (Å²) >= 11 is 3.23. The number of hydrogen-bond donors (Lipinski definition) is 1. The molecule has 10 rings (SSSR count). The third kappa shape index (κ3) is 14.5. The zero-order valence-corrected chi connectivity index (χ0v) is 39.5. The van der Waals surface area contributed by atoms with Crippen molar-refractivity contribution in [2.24, 2.45) is 0 Å². The standard InChI is InChI=1S/C26H23N7S.C16H12N2OS.C10H11N5/c1-19-7-9-20(10-8-19)23-15-31-26(34-23)22-6-2-5-21(32-22)16-33(17-24-27-11-3-12-28-24)18-25-29-13-4-14-30-25;1-11-5-7-12(8-6-11)15-9-17-16(20-15)14-4-2-3-13(10-19)18-14;1-3-12-9(13-4-1)7-11-8-10-14-5-2-6-15-10/h2-15H,16-18H2,1H3;2-10H,1H3;1-6,11H,7-8H2. The number of aldehydes is 1. The van der Waals surface area contributed by atoms with Crippen LogP contribution in [0.4, 0.5) is 0 Å². The fourth-order valence-electron chi connectivity index (χ4n) is 6.56. The highest BCUT2D eigenvalue weighted by molar-refractivity contribution is 7.18. The molecule has 8 heterocycles. The van der Waals surface area contributed by atoms with Gasteiger partial charge in [-0.25, -0.2) is 59.8 Å². The Labute approximate surface area is 407 Å². The van der Waals surface area contributed by atoms with E-state index in [1.165, 1.54) is 16.7 Å². The lowest BCUT2D eigenvalue weighted by molar-refractivity contribution is 0.111. The second-order valence-corrected chi connectivity index (χ2v) is 17.3. The summed E-state index contributed by atoms with van der Waals surface area (Å²) in [6.45, 7) is 7.16. The molecular formula is C52H46N14OS2. The molecule has 0 fully saturated rings. The summed E-state index contributed by atoms with van der Waals surface area (Å²) in [7, 11) is 0. The summed E-state index contributed by atoms with van der Waals surface area (Å²) in [5.74, 6) is 3.04. The molecule has 0 radical (unpaired) electrons. The molecule has 15 nitrogen and oxygen atoms in total. The van der Waals surface area contributed by atoms with Gasteiger partial charge in [0.25, 0.3) is 0 Å². The number of nitrogens with one attached hydrogen (secondary N) is 1. The molecule has 342 valence electrons. The van der Waals surface area contributed by atoms with E-state index in [1.807, 2.05) is 54.9 Å². The Balaban J connectivity index is 0.000000155. The number of aryl methyl sites for hydroxylation is 2. The van der Waals surface area contributed by atoms with Crippen LogP contribution in [0.15, 0.2) is 171 Å². The summed E-state index contributed by atoms with van der Waals surface area (Å²) in [6, 6.07) is 35.5. The number of carbonyl (C=O) groups is 1. The maximum atomic E-state index is 10.8. The van der Waals surface area contributed by atoms with Gasteiger partial charge in [-0.1, -0.05) is 71.8 Å². The fraction of sp³-hybridized carbons (Fsp3) is 0.135. The molecule has 0 unspecified atom stereocenters. The van der Waals surface area contributed by atoms with Crippen molar-refractivity contribution in [1.82, 2.24) is 70.0 Å². The molecule has 17 heteroatoms. The Hall–Kier alpha value is -8.09. The van der Waals surface area contributed by atoms with Gasteiger partial charge in [-0.05, 0) is 73.5 Å². The average Bonchev–Trinajstić information content (AvgIpc) is 4.11. The predicted octanol–water partition coefficient (Wildman–Crippen LogP) is 9.51. The van der Waals surface area contributed by atoms with E-state index in [0.717, 1.165) is 72.0 Å². The Kier molecular flexibility index (Phi) is 16.9. The normalized spacial score (nSPS) is 10.7. The van der Waals surface area contributed by atoms with Gasteiger partial charge in [-0.2, -0.15) is 0 Å². The lowest BCUT2D eigenvalue weighted by atomic mass is 10.1. The third-order valence-electron chi connectivity index (χ3n) is 9.98. The van der Waals surface area contributed by atoms with Crippen molar-refractivity contribution in [2.45, 2.75) is 46.6 Å². The number of thiazole rings is 2. The Morgan fingerprint density at radius 1 is 0.464 bits per heavy atom. The minimum absolute atomic E-state index is 0.426. The molecule has 0 amide bonds. The largest absolute Gasteiger partial charge is 0.303 e. The summed E-state index contributed by atoms with van der Waals surface area (Å²) in [4.78, 5) is 67.3. The van der Waals surface area contributed by atoms with Crippen molar-refractivity contribution in [2.75, 3.05) is 0 Å². The van der Waals surface area contributed by atoms with Crippen LogP contribution in [0.1, 0.15) is 50.6 Å². The van der Waals surface area contributed by atoms with Gasteiger partial charge < -0.3 is 5.32 Å². The monoisotopic (exact) mass is 946 g/mol. The molecule has 0 bridgehead atoms. The van der Waals surface area contributed by atoms with Crippen LogP contribution in [0.3, 0.4) is 0 Å². The molecule has 0 saturated heterocycles. The van der Waals surface area contributed by atoms with Crippen molar-refractivity contribution in [1.29, 1.82) is 0 Å². The molecule has 0 atom stereocenters. The number of rotatable bonds is 15. The van der Waals surface area contributed by atoms with Crippen LogP contribution in [0.5, 0.6) is 0 Å². The molecule has 69 heavy (non-hydrogen) atoms. The van der Waals surface area contributed by atoms with Crippen LogP contribution in [-0.4, -0.2) is 71.0 Å². The van der Waals surface area contributed by atoms with Crippen LogP contribution in [0.25, 0.3) is 42.3 Å². The van der Waals surface area contributed by atoms with Crippen LogP contribution >= 0.6 is 22.7 Å². The SMILES string of the molecule is Cc1ccc(-c2cnc(-c3cccc(C=O)n3)s2)cc1.Cc1ccc(-c2cnc(-c3cccc(CN(Cc4ncccn4)Cc4ncccn4)n3)s2)cc1.c1cnc(CNCc2ncccn2)nc1. The van der Waals surface area contributed by atoms with E-state index < -0.39 is 0 Å². The summed E-state index contributed by atoms with van der Waals surface area (Å²) in [5.41, 5.74) is 7.76. The van der Waals surface area contributed by atoms with E-state index in [-0.39, 0.29) is 0 Å². The first-order chi connectivity index (χ1) is 33.9. The minimum Gasteiger partial charge on any atom is -0.303 e. The molecule has 0 aliphatic heterocycles. The van der Waals surface area contributed by atoms with Gasteiger partial charge in [0, 0.05) is 68.5 Å². The Bertz CT molecular complexity index is 3030. The van der Waals surface area contributed by atoms with Crippen LogP contribution in [0, 0.1) is 13.8 Å². The Morgan fingerprint density at radius 3 is 1.33 bits per heavy atom. The van der Waals surface area contributed by atoms with Crippen LogP contribution in [0.2, 0.25) is 0 Å². The second kappa shape index (κ2) is 24.6. The van der Waals surface area contributed by atoms with Gasteiger partial charge in [0.1, 0.15) is 39.0 Å². The second-order valence-electron chi connectivity index (χ2n) is 15.3. The molecular weight excluding hydrogens is 901 g/mol. The maximum absolute atomic E-state index is 10.8. The first-order valence-electron chi connectivity index (χ1n) is 21.9. The van der Waals surface area contributed by atoms with Gasteiger partial charge in [-0.15, -0.1) is 22.7 Å². The van der Waals surface area contributed by atoms with Gasteiger partial charge >= 0.3 is 0 Å². The van der Waals surface area contributed by atoms with Gasteiger partial charge in [0.05, 0.1) is 53.0 Å². The maximum Gasteiger partial charge on any atom is 0.168 e. The first kappa shape index (κ1) is 47.4. The van der Waals surface area contributed by atoms with Gasteiger partial charge in [0.2, 0.25) is 0 Å². The van der Waals surface area contributed by atoms with E-state index in [9.17, 15) is 4.79 Å². The average molecular weight is 947 g/mol. The number of carbonyl (C=O) groups excluding carboxylic acids is 1. The van der Waals surface area contributed by atoms with Crippen molar-refractivity contribution in [3.8, 4) is 42.3 Å². The van der Waals surface area contributed by atoms with Crippen molar-refractivity contribution >= 4 is 29.0 Å². The summed E-state index contributed by atoms with van der Waals surface area (Å²) in [5, 5.41) is 4.90. The quantitative estimate of drug-likeness (QED) is 0.0957. The van der Waals surface area contributed by atoms with Crippen molar-refractivity contribution < 1.29 is 4.79 Å². The van der Waals surface area contributed by atoms with Gasteiger partial charge in [-0.3, -0.25) is 9.69 Å². The number of aromatic nitrogens is 12. The molecule has 2 aromatic carbocycles. The highest BCUT2D eigenvalue weighted by Crippen LogP contribution is 2.33. The number of nitrogens with zero attached hydrogens (tertiary/aromatic N) is 13. The first-order valence-corrected chi connectivity index (χ1v) is 23.5. The molecule has 0 aliphatic carbocycles. The van der Waals surface area contributed by atoms with Gasteiger partial charge in [0.15, 0.2) is 6.29 Å². The number of benzene rings is 2. The number of pyridine rings is 2. The summed E-state index contributed by atoms with van der Waals surface area (Å²) < 4.78 is 0. The zero-order valence-electron chi connectivity index (χ0n) is 37.8. The topological polar surface area (TPSA) is 187 Å². The summed E-state index contributed by atoms with van der Waals surface area (Å²) in [6.07, 6.45) is 18.4. The highest BCUT2D eigenvalue weighted by atomic mass is 32.1. The molecule has 0 saturated carbocycles. The van der Waals surface area contributed by atoms with Crippen LogP contribution in [-0.2, 0) is 32.7 Å². The van der Waals surface area contributed by atoms with E-state index in [4.69, 9.17) is 4.98 Å². The fourth-order valence-corrected chi connectivity index (χ4v) is 8.34.